The molecule has 2 aliphatic rings. The smallest absolute Gasteiger partial charge is 0.0964 e. The molecule has 0 spiro atoms. The first-order valence-corrected chi connectivity index (χ1v) is 5.27. The van der Waals surface area contributed by atoms with E-state index in [2.05, 4.69) is 19.2 Å². The Morgan fingerprint density at radius 3 is 2.31 bits per heavy atom. The summed E-state index contributed by atoms with van der Waals surface area (Å²) in [6, 6.07) is 0. The summed E-state index contributed by atoms with van der Waals surface area (Å²) in [5, 5.41) is 3.37. The zero-order valence-electron chi connectivity index (χ0n) is 8.45. The first-order chi connectivity index (χ1) is 6.25. The molecule has 0 radical (unpaired) electrons. The van der Waals surface area contributed by atoms with Gasteiger partial charge in [0.2, 0.25) is 0 Å². The van der Waals surface area contributed by atoms with Crippen molar-refractivity contribution in [2.24, 2.45) is 0 Å². The van der Waals surface area contributed by atoms with Gasteiger partial charge in [0, 0.05) is 13.1 Å². The van der Waals surface area contributed by atoms with Gasteiger partial charge in [0.1, 0.15) is 0 Å². The second-order valence-corrected chi connectivity index (χ2v) is 4.21. The van der Waals surface area contributed by atoms with Gasteiger partial charge in [-0.2, -0.15) is 0 Å². The Kier molecular flexibility index (Phi) is 2.86. The lowest BCUT2D eigenvalue weighted by Gasteiger charge is -2.32. The van der Waals surface area contributed by atoms with E-state index in [1.54, 1.807) is 0 Å². The molecule has 4 unspecified atom stereocenters. The molecule has 76 valence electrons. The monoisotopic (exact) mass is 185 g/mol. The van der Waals surface area contributed by atoms with Crippen molar-refractivity contribution in [3.05, 3.63) is 0 Å². The fourth-order valence-corrected chi connectivity index (χ4v) is 2.15. The minimum Gasteiger partial charge on any atom is -0.373 e. The SMILES string of the molecule is CC1CCC(C2CNCC(C)O2)O1. The average Bonchev–Trinajstić information content (AvgIpc) is 2.52. The van der Waals surface area contributed by atoms with Crippen molar-refractivity contribution in [1.29, 1.82) is 0 Å². The second kappa shape index (κ2) is 3.95. The Morgan fingerprint density at radius 2 is 1.69 bits per heavy atom. The lowest BCUT2D eigenvalue weighted by Crippen LogP contribution is -2.48. The summed E-state index contributed by atoms with van der Waals surface area (Å²) >= 11 is 0. The van der Waals surface area contributed by atoms with Gasteiger partial charge >= 0.3 is 0 Å². The molecule has 0 aromatic heterocycles. The third-order valence-corrected chi connectivity index (χ3v) is 2.86. The summed E-state index contributed by atoms with van der Waals surface area (Å²) in [5.41, 5.74) is 0. The summed E-state index contributed by atoms with van der Waals surface area (Å²) in [5.74, 6) is 0. The van der Waals surface area contributed by atoms with Gasteiger partial charge in [0.15, 0.2) is 0 Å². The molecular weight excluding hydrogens is 166 g/mol. The molecule has 13 heavy (non-hydrogen) atoms. The van der Waals surface area contributed by atoms with Crippen LogP contribution < -0.4 is 5.32 Å². The first kappa shape index (κ1) is 9.44. The Hall–Kier alpha value is -0.120. The minimum atomic E-state index is 0.272. The standard InChI is InChI=1S/C10H19NO2/c1-7-3-4-9(12-7)10-6-11-5-8(2)13-10/h7-11H,3-6H2,1-2H3. The van der Waals surface area contributed by atoms with Gasteiger partial charge in [-0.1, -0.05) is 0 Å². The highest BCUT2D eigenvalue weighted by Crippen LogP contribution is 2.24. The zero-order valence-corrected chi connectivity index (χ0v) is 8.45. The van der Waals surface area contributed by atoms with Crippen molar-refractivity contribution in [2.75, 3.05) is 13.1 Å². The molecule has 0 aliphatic carbocycles. The molecule has 4 atom stereocenters. The van der Waals surface area contributed by atoms with Crippen molar-refractivity contribution < 1.29 is 9.47 Å². The second-order valence-electron chi connectivity index (χ2n) is 4.21. The van der Waals surface area contributed by atoms with Gasteiger partial charge in [-0.3, -0.25) is 0 Å². The van der Waals surface area contributed by atoms with Gasteiger partial charge in [0.25, 0.3) is 0 Å². The van der Waals surface area contributed by atoms with E-state index in [0.717, 1.165) is 19.5 Å². The molecule has 0 amide bonds. The van der Waals surface area contributed by atoms with Crippen LogP contribution in [0.15, 0.2) is 0 Å². The predicted octanol–water partition coefficient (Wildman–Crippen LogP) is 0.931. The Labute approximate surface area is 79.8 Å². The minimum absolute atomic E-state index is 0.272. The molecule has 1 N–H and O–H groups in total. The van der Waals surface area contributed by atoms with Gasteiger partial charge in [-0.15, -0.1) is 0 Å². The first-order valence-electron chi connectivity index (χ1n) is 5.27. The molecule has 2 fully saturated rings. The molecule has 2 aliphatic heterocycles. The highest BCUT2D eigenvalue weighted by molar-refractivity contribution is 4.83. The molecule has 3 heteroatoms. The molecule has 2 saturated heterocycles. The van der Waals surface area contributed by atoms with Gasteiger partial charge in [-0.25, -0.2) is 0 Å². The quantitative estimate of drug-likeness (QED) is 0.659. The molecule has 2 rings (SSSR count). The van der Waals surface area contributed by atoms with E-state index in [4.69, 9.17) is 9.47 Å². The van der Waals surface area contributed by atoms with E-state index in [1.807, 2.05) is 0 Å². The van der Waals surface area contributed by atoms with Crippen LogP contribution in [-0.2, 0) is 9.47 Å². The van der Waals surface area contributed by atoms with Crippen LogP contribution in [0.3, 0.4) is 0 Å². The normalized spacial score (nSPS) is 46.6. The fourth-order valence-electron chi connectivity index (χ4n) is 2.15. The maximum Gasteiger partial charge on any atom is 0.0964 e. The van der Waals surface area contributed by atoms with E-state index in [9.17, 15) is 0 Å². The van der Waals surface area contributed by atoms with Crippen LogP contribution in [0.4, 0.5) is 0 Å². The van der Waals surface area contributed by atoms with Gasteiger partial charge in [-0.05, 0) is 26.7 Å². The lowest BCUT2D eigenvalue weighted by atomic mass is 10.1. The Balaban J connectivity index is 1.85. The van der Waals surface area contributed by atoms with Gasteiger partial charge in [0.05, 0.1) is 24.4 Å². The number of ether oxygens (including phenoxy) is 2. The summed E-state index contributed by atoms with van der Waals surface area (Å²) in [4.78, 5) is 0. The number of nitrogens with one attached hydrogen (secondary N) is 1. The molecule has 3 nitrogen and oxygen atoms in total. The van der Waals surface area contributed by atoms with Gasteiger partial charge < -0.3 is 14.8 Å². The van der Waals surface area contributed by atoms with Crippen molar-refractivity contribution in [2.45, 2.75) is 51.1 Å². The van der Waals surface area contributed by atoms with Crippen LogP contribution in [-0.4, -0.2) is 37.5 Å². The van der Waals surface area contributed by atoms with Crippen molar-refractivity contribution in [3.8, 4) is 0 Å². The van der Waals surface area contributed by atoms with Crippen molar-refractivity contribution in [1.82, 2.24) is 5.32 Å². The van der Waals surface area contributed by atoms with E-state index in [-0.39, 0.29) is 6.10 Å². The maximum absolute atomic E-state index is 5.83. The summed E-state index contributed by atoms with van der Waals surface area (Å²) < 4.78 is 11.6. The predicted molar refractivity (Wildman–Crippen MR) is 50.8 cm³/mol. The third kappa shape index (κ3) is 2.22. The number of morpholine rings is 1. The highest BCUT2D eigenvalue weighted by Gasteiger charge is 2.32. The summed E-state index contributed by atoms with van der Waals surface area (Å²) in [6.07, 6.45) is 3.68. The third-order valence-electron chi connectivity index (χ3n) is 2.86. The zero-order chi connectivity index (χ0) is 9.26. The summed E-state index contributed by atoms with van der Waals surface area (Å²) in [7, 11) is 0. The maximum atomic E-state index is 5.83. The lowest BCUT2D eigenvalue weighted by molar-refractivity contribution is -0.104. The van der Waals surface area contributed by atoms with Crippen molar-refractivity contribution >= 4 is 0 Å². The van der Waals surface area contributed by atoms with Crippen LogP contribution in [0.2, 0.25) is 0 Å². The average molecular weight is 185 g/mol. The van der Waals surface area contributed by atoms with E-state index >= 15 is 0 Å². The highest BCUT2D eigenvalue weighted by atomic mass is 16.6. The number of hydrogen-bond donors (Lipinski definition) is 1. The van der Waals surface area contributed by atoms with Crippen molar-refractivity contribution in [3.63, 3.8) is 0 Å². The van der Waals surface area contributed by atoms with E-state index < -0.39 is 0 Å². The molecule has 2 heterocycles. The van der Waals surface area contributed by atoms with Crippen LogP contribution in [0.25, 0.3) is 0 Å². The van der Waals surface area contributed by atoms with E-state index in [1.165, 1.54) is 6.42 Å². The number of hydrogen-bond acceptors (Lipinski definition) is 3. The largest absolute Gasteiger partial charge is 0.373 e. The molecular formula is C10H19NO2. The molecule has 0 aromatic rings. The molecule has 0 aromatic carbocycles. The molecule has 0 bridgehead atoms. The van der Waals surface area contributed by atoms with E-state index in [0.29, 0.717) is 18.3 Å². The number of rotatable bonds is 1. The Morgan fingerprint density at radius 1 is 0.923 bits per heavy atom. The summed E-state index contributed by atoms with van der Waals surface area (Å²) in [6.45, 7) is 6.16. The van der Waals surface area contributed by atoms with Crippen LogP contribution in [0.1, 0.15) is 26.7 Å². The van der Waals surface area contributed by atoms with Crippen LogP contribution >= 0.6 is 0 Å². The van der Waals surface area contributed by atoms with Crippen LogP contribution in [0.5, 0.6) is 0 Å². The Bertz CT molecular complexity index is 174. The van der Waals surface area contributed by atoms with Crippen LogP contribution in [0, 0.1) is 0 Å². The molecule has 0 saturated carbocycles. The fraction of sp³-hybridized carbons (Fsp3) is 1.00. The topological polar surface area (TPSA) is 30.5 Å².